The molecule has 0 spiro atoms. The Morgan fingerprint density at radius 3 is 2.50 bits per heavy atom. The number of carboxylic acids is 1. The molecular formula is C11H15FN2O2. The summed E-state index contributed by atoms with van der Waals surface area (Å²) in [7, 11) is 0. The maximum atomic E-state index is 12.6. The predicted molar refractivity (Wildman–Crippen MR) is 59.7 cm³/mol. The molecule has 5 heteroatoms. The Kier molecular flexibility index (Phi) is 3.84. The number of aliphatic carboxylic acids is 1. The van der Waals surface area contributed by atoms with Crippen LogP contribution in [0.3, 0.4) is 0 Å². The Morgan fingerprint density at radius 1 is 1.50 bits per heavy atom. The van der Waals surface area contributed by atoms with E-state index in [-0.39, 0.29) is 12.4 Å². The van der Waals surface area contributed by atoms with Crippen LogP contribution in [-0.2, 0) is 4.79 Å². The number of nitrogens with two attached hydrogens (primary N) is 1. The van der Waals surface area contributed by atoms with Gasteiger partial charge in [0.25, 0.3) is 0 Å². The van der Waals surface area contributed by atoms with Gasteiger partial charge in [-0.1, -0.05) is 6.92 Å². The summed E-state index contributed by atoms with van der Waals surface area (Å²) < 4.78 is 12.6. The van der Waals surface area contributed by atoms with Gasteiger partial charge in [-0.2, -0.15) is 0 Å². The lowest BCUT2D eigenvalue weighted by Gasteiger charge is -2.23. The number of anilines is 1. The molecule has 0 aromatic heterocycles. The van der Waals surface area contributed by atoms with E-state index in [9.17, 15) is 9.18 Å². The summed E-state index contributed by atoms with van der Waals surface area (Å²) in [5.41, 5.74) is 5.03. The van der Waals surface area contributed by atoms with Crippen LogP contribution in [0.2, 0.25) is 0 Å². The molecule has 0 fully saturated rings. The average molecular weight is 226 g/mol. The molecule has 0 aliphatic heterocycles. The third-order valence-electron chi connectivity index (χ3n) is 2.51. The zero-order valence-corrected chi connectivity index (χ0v) is 9.03. The van der Waals surface area contributed by atoms with Crippen LogP contribution in [0, 0.1) is 5.82 Å². The Balaban J connectivity index is 2.63. The molecule has 1 rings (SSSR count). The van der Waals surface area contributed by atoms with Crippen molar-refractivity contribution in [3.05, 3.63) is 30.1 Å². The molecule has 1 aromatic rings. The van der Waals surface area contributed by atoms with Crippen molar-refractivity contribution in [3.63, 3.8) is 0 Å². The normalized spacial score (nSPS) is 14.2. The van der Waals surface area contributed by atoms with Crippen LogP contribution < -0.4 is 11.1 Å². The van der Waals surface area contributed by atoms with E-state index in [0.717, 1.165) is 0 Å². The summed E-state index contributed by atoms with van der Waals surface area (Å²) in [6, 6.07) is 5.67. The maximum absolute atomic E-state index is 12.6. The monoisotopic (exact) mass is 226 g/mol. The van der Waals surface area contributed by atoms with Crippen LogP contribution >= 0.6 is 0 Å². The van der Waals surface area contributed by atoms with E-state index in [1.165, 1.54) is 24.3 Å². The highest BCUT2D eigenvalue weighted by molar-refractivity contribution is 5.79. The minimum absolute atomic E-state index is 0.102. The van der Waals surface area contributed by atoms with Crippen molar-refractivity contribution in [1.29, 1.82) is 0 Å². The van der Waals surface area contributed by atoms with Gasteiger partial charge in [0.15, 0.2) is 0 Å². The predicted octanol–water partition coefficient (Wildman–Crippen LogP) is 1.43. The van der Waals surface area contributed by atoms with Gasteiger partial charge in [-0.05, 0) is 30.7 Å². The summed E-state index contributed by atoms with van der Waals surface area (Å²) in [6.07, 6.45) is 0.316. The van der Waals surface area contributed by atoms with E-state index in [4.69, 9.17) is 10.8 Å². The molecule has 0 radical (unpaired) electrons. The molecule has 1 atom stereocenters. The molecule has 0 bridgehead atoms. The molecule has 4 N–H and O–H groups in total. The lowest BCUT2D eigenvalue weighted by Crippen LogP contribution is -2.52. The first-order valence-electron chi connectivity index (χ1n) is 4.99. The Hall–Kier alpha value is -1.62. The lowest BCUT2D eigenvalue weighted by molar-refractivity contribution is -0.142. The molecular weight excluding hydrogens is 211 g/mol. The zero-order valence-electron chi connectivity index (χ0n) is 9.03. The van der Waals surface area contributed by atoms with Crippen molar-refractivity contribution in [3.8, 4) is 0 Å². The van der Waals surface area contributed by atoms with Gasteiger partial charge in [-0.15, -0.1) is 0 Å². The van der Waals surface area contributed by atoms with Gasteiger partial charge in [-0.25, -0.2) is 4.39 Å². The summed E-state index contributed by atoms with van der Waals surface area (Å²) in [4.78, 5) is 10.9. The van der Waals surface area contributed by atoms with Crippen LogP contribution in [-0.4, -0.2) is 23.2 Å². The number of hydrogen-bond acceptors (Lipinski definition) is 3. The second-order valence-electron chi connectivity index (χ2n) is 3.68. The average Bonchev–Trinajstić information content (AvgIpc) is 2.27. The van der Waals surface area contributed by atoms with Gasteiger partial charge < -0.3 is 16.2 Å². The molecule has 0 saturated heterocycles. The molecule has 4 nitrogen and oxygen atoms in total. The molecule has 0 aliphatic carbocycles. The highest BCUT2D eigenvalue weighted by atomic mass is 19.1. The number of carboxylic acid groups (broad SMARTS) is 1. The molecule has 0 amide bonds. The first-order valence-corrected chi connectivity index (χ1v) is 4.99. The van der Waals surface area contributed by atoms with Crippen LogP contribution in [0.15, 0.2) is 24.3 Å². The number of nitrogens with one attached hydrogen (secondary N) is 1. The number of carbonyl (C=O) groups is 1. The summed E-state index contributed by atoms with van der Waals surface area (Å²) in [6.45, 7) is 1.81. The summed E-state index contributed by atoms with van der Waals surface area (Å²) in [5.74, 6) is -1.39. The first-order chi connectivity index (χ1) is 7.48. The summed E-state index contributed by atoms with van der Waals surface area (Å²) in [5, 5.41) is 11.8. The maximum Gasteiger partial charge on any atom is 0.325 e. The van der Waals surface area contributed by atoms with Gasteiger partial charge in [0.1, 0.15) is 11.4 Å². The molecule has 16 heavy (non-hydrogen) atoms. The van der Waals surface area contributed by atoms with E-state index in [1.54, 1.807) is 6.92 Å². The van der Waals surface area contributed by atoms with Gasteiger partial charge >= 0.3 is 5.97 Å². The summed E-state index contributed by atoms with van der Waals surface area (Å²) >= 11 is 0. The van der Waals surface area contributed by atoms with E-state index >= 15 is 0 Å². The lowest BCUT2D eigenvalue weighted by atomic mass is 9.98. The Labute approximate surface area is 93.3 Å². The van der Waals surface area contributed by atoms with Gasteiger partial charge in [0.2, 0.25) is 0 Å². The van der Waals surface area contributed by atoms with E-state index in [1.807, 2.05) is 0 Å². The topological polar surface area (TPSA) is 75.3 Å². The second-order valence-corrected chi connectivity index (χ2v) is 3.68. The molecule has 0 aliphatic rings. The molecule has 0 saturated carbocycles. The number of rotatable bonds is 5. The van der Waals surface area contributed by atoms with Crippen LogP contribution in [0.4, 0.5) is 10.1 Å². The smallest absolute Gasteiger partial charge is 0.325 e. The van der Waals surface area contributed by atoms with Gasteiger partial charge in [0, 0.05) is 12.2 Å². The van der Waals surface area contributed by atoms with Crippen molar-refractivity contribution in [2.24, 2.45) is 5.73 Å². The van der Waals surface area contributed by atoms with E-state index in [0.29, 0.717) is 12.1 Å². The highest BCUT2D eigenvalue weighted by Gasteiger charge is 2.31. The highest BCUT2D eigenvalue weighted by Crippen LogP contribution is 2.12. The van der Waals surface area contributed by atoms with Crippen LogP contribution in [0.1, 0.15) is 13.3 Å². The Bertz CT molecular complexity index is 367. The van der Waals surface area contributed by atoms with Crippen molar-refractivity contribution in [2.75, 3.05) is 11.9 Å². The minimum atomic E-state index is -1.30. The number of halogens is 1. The zero-order chi connectivity index (χ0) is 12.2. The van der Waals surface area contributed by atoms with Crippen molar-refractivity contribution >= 4 is 11.7 Å². The van der Waals surface area contributed by atoms with Crippen molar-refractivity contribution in [2.45, 2.75) is 18.9 Å². The third-order valence-corrected chi connectivity index (χ3v) is 2.51. The first kappa shape index (κ1) is 12.4. The quantitative estimate of drug-likeness (QED) is 0.710. The van der Waals surface area contributed by atoms with E-state index in [2.05, 4.69) is 5.32 Å². The molecule has 1 unspecified atom stereocenters. The number of hydrogen-bond donors (Lipinski definition) is 3. The van der Waals surface area contributed by atoms with Gasteiger partial charge in [0.05, 0.1) is 0 Å². The Morgan fingerprint density at radius 2 is 2.06 bits per heavy atom. The van der Waals surface area contributed by atoms with Crippen molar-refractivity contribution in [1.82, 2.24) is 0 Å². The van der Waals surface area contributed by atoms with Crippen LogP contribution in [0.5, 0.6) is 0 Å². The van der Waals surface area contributed by atoms with E-state index < -0.39 is 11.5 Å². The fourth-order valence-corrected chi connectivity index (χ4v) is 1.18. The number of benzene rings is 1. The fourth-order valence-electron chi connectivity index (χ4n) is 1.18. The molecule has 88 valence electrons. The minimum Gasteiger partial charge on any atom is -0.480 e. The molecule has 0 heterocycles. The van der Waals surface area contributed by atoms with Crippen molar-refractivity contribution < 1.29 is 14.3 Å². The van der Waals surface area contributed by atoms with Crippen LogP contribution in [0.25, 0.3) is 0 Å². The molecule has 1 aromatic carbocycles. The third kappa shape index (κ3) is 2.93. The van der Waals surface area contributed by atoms with Gasteiger partial charge in [-0.3, -0.25) is 4.79 Å². The SMILES string of the molecule is CCC(N)(CNc1ccc(F)cc1)C(=O)O. The standard InChI is InChI=1S/C11H15FN2O2/c1-2-11(13,10(15)16)7-14-9-5-3-8(12)4-6-9/h3-6,14H,2,7,13H2,1H3,(H,15,16). The fraction of sp³-hybridized carbons (Fsp3) is 0.364. The largest absolute Gasteiger partial charge is 0.480 e. The second kappa shape index (κ2) is 4.94.